The molecule has 2 amide bonds. The number of hydrogen-bond donors (Lipinski definition) is 3. The Bertz CT molecular complexity index is 1000. The highest BCUT2D eigenvalue weighted by atomic mass is 127. The summed E-state index contributed by atoms with van der Waals surface area (Å²) in [5.74, 6) is 0.143. The maximum Gasteiger partial charge on any atom is 0.247 e. The fourth-order valence-electron chi connectivity index (χ4n) is 3.97. The van der Waals surface area contributed by atoms with Gasteiger partial charge in [-0.05, 0) is 59.7 Å². The van der Waals surface area contributed by atoms with Crippen LogP contribution in [0.3, 0.4) is 0 Å². The summed E-state index contributed by atoms with van der Waals surface area (Å²) in [6, 6.07) is 8.55. The van der Waals surface area contributed by atoms with Gasteiger partial charge in [-0.25, -0.2) is 0 Å². The quantitative estimate of drug-likeness (QED) is 0.402. The molecule has 0 aliphatic heterocycles. The van der Waals surface area contributed by atoms with Gasteiger partial charge in [-0.1, -0.05) is 12.1 Å². The zero-order chi connectivity index (χ0) is 23.4. The van der Waals surface area contributed by atoms with Crippen molar-refractivity contribution >= 4 is 34.4 Å². The molecule has 1 heterocycles. The third-order valence-corrected chi connectivity index (χ3v) is 6.75. The predicted molar refractivity (Wildman–Crippen MR) is 128 cm³/mol. The SMILES string of the molecule is O=C(NCCO)C1=C[C@H](Oc2ccccc2I)[C@@H](O)[C@H](N(Cc2ccoc2)C(=O)C2CC2)C1. The topological polar surface area (TPSA) is 112 Å². The summed E-state index contributed by atoms with van der Waals surface area (Å²) in [5, 5.41) is 23.1. The van der Waals surface area contributed by atoms with E-state index in [4.69, 9.17) is 14.3 Å². The second-order valence-corrected chi connectivity index (χ2v) is 9.48. The lowest BCUT2D eigenvalue weighted by Crippen LogP contribution is -2.55. The lowest BCUT2D eigenvalue weighted by Gasteiger charge is -2.40. The van der Waals surface area contributed by atoms with Crippen LogP contribution < -0.4 is 10.1 Å². The van der Waals surface area contributed by atoms with E-state index in [0.717, 1.165) is 22.0 Å². The van der Waals surface area contributed by atoms with Crippen molar-refractivity contribution < 1.29 is 29.0 Å². The van der Waals surface area contributed by atoms with Crippen molar-refractivity contribution in [1.29, 1.82) is 0 Å². The summed E-state index contributed by atoms with van der Waals surface area (Å²) in [4.78, 5) is 27.7. The molecule has 3 atom stereocenters. The highest BCUT2D eigenvalue weighted by molar-refractivity contribution is 14.1. The third kappa shape index (κ3) is 5.77. The number of aliphatic hydroxyl groups is 2. The normalized spacial score (nSPS) is 22.4. The van der Waals surface area contributed by atoms with Crippen molar-refractivity contribution in [2.45, 2.75) is 44.1 Å². The van der Waals surface area contributed by atoms with Gasteiger partial charge in [0.1, 0.15) is 18.0 Å². The van der Waals surface area contributed by atoms with Crippen molar-refractivity contribution in [3.8, 4) is 5.75 Å². The number of nitrogens with zero attached hydrogens (tertiary/aromatic N) is 1. The molecule has 33 heavy (non-hydrogen) atoms. The minimum atomic E-state index is -1.04. The molecule has 0 bridgehead atoms. The van der Waals surface area contributed by atoms with Crippen LogP contribution in [-0.2, 0) is 16.1 Å². The molecule has 9 heteroatoms. The van der Waals surface area contributed by atoms with Crippen molar-refractivity contribution in [3.05, 3.63) is 63.6 Å². The van der Waals surface area contributed by atoms with Crippen molar-refractivity contribution in [2.24, 2.45) is 5.92 Å². The molecule has 8 nitrogen and oxygen atoms in total. The number of rotatable bonds is 9. The maximum absolute atomic E-state index is 13.2. The van der Waals surface area contributed by atoms with E-state index in [2.05, 4.69) is 27.9 Å². The van der Waals surface area contributed by atoms with Crippen LogP contribution in [0.2, 0.25) is 0 Å². The van der Waals surface area contributed by atoms with Crippen molar-refractivity contribution in [3.63, 3.8) is 0 Å². The first-order chi connectivity index (χ1) is 16.0. The summed E-state index contributed by atoms with van der Waals surface area (Å²) in [6.07, 6.45) is 4.71. The van der Waals surface area contributed by atoms with Gasteiger partial charge in [-0.2, -0.15) is 0 Å². The first kappa shape index (κ1) is 23.8. The number of benzene rings is 1. The van der Waals surface area contributed by atoms with Gasteiger partial charge in [-0.3, -0.25) is 9.59 Å². The van der Waals surface area contributed by atoms with E-state index in [1.807, 2.05) is 18.2 Å². The van der Waals surface area contributed by atoms with E-state index in [-0.39, 0.29) is 43.8 Å². The molecule has 0 unspecified atom stereocenters. The minimum Gasteiger partial charge on any atom is -0.482 e. The van der Waals surface area contributed by atoms with Crippen molar-refractivity contribution in [1.82, 2.24) is 10.2 Å². The van der Waals surface area contributed by atoms with Gasteiger partial charge in [-0.15, -0.1) is 0 Å². The summed E-state index contributed by atoms with van der Waals surface area (Å²) < 4.78 is 12.2. The molecule has 1 aromatic carbocycles. The number of ether oxygens (including phenoxy) is 1. The number of carbonyl (C=O) groups is 2. The van der Waals surface area contributed by atoms with Crippen molar-refractivity contribution in [2.75, 3.05) is 13.2 Å². The average molecular weight is 566 g/mol. The van der Waals surface area contributed by atoms with Crippen LogP contribution in [0, 0.1) is 9.49 Å². The number of para-hydroxylation sites is 1. The fraction of sp³-hybridized carbons (Fsp3) is 0.417. The predicted octanol–water partition coefficient (Wildman–Crippen LogP) is 2.24. The summed E-state index contributed by atoms with van der Waals surface area (Å²) in [5.41, 5.74) is 1.22. The van der Waals surface area contributed by atoms with E-state index in [1.165, 1.54) is 0 Å². The first-order valence-electron chi connectivity index (χ1n) is 11.0. The van der Waals surface area contributed by atoms with Gasteiger partial charge < -0.3 is 29.6 Å². The molecule has 2 aliphatic carbocycles. The summed E-state index contributed by atoms with van der Waals surface area (Å²) in [6.45, 7) is 0.208. The van der Waals surface area contributed by atoms with E-state index >= 15 is 0 Å². The number of halogens is 1. The second kappa shape index (κ2) is 10.7. The molecular formula is C24H27IN2O6. The molecule has 0 radical (unpaired) electrons. The Labute approximate surface area is 205 Å². The van der Waals surface area contributed by atoms with Gasteiger partial charge in [0.05, 0.1) is 28.7 Å². The largest absolute Gasteiger partial charge is 0.482 e. The molecule has 1 fully saturated rings. The van der Waals surface area contributed by atoms with Gasteiger partial charge in [0.15, 0.2) is 0 Å². The van der Waals surface area contributed by atoms with Crippen LogP contribution >= 0.6 is 22.6 Å². The first-order valence-corrected chi connectivity index (χ1v) is 12.1. The molecule has 2 aliphatic rings. The van der Waals surface area contributed by atoms with E-state index < -0.39 is 18.2 Å². The van der Waals surface area contributed by atoms with Crippen LogP contribution in [0.25, 0.3) is 0 Å². The van der Waals surface area contributed by atoms with Gasteiger partial charge >= 0.3 is 0 Å². The molecule has 1 saturated carbocycles. The molecule has 2 aromatic rings. The van der Waals surface area contributed by atoms with E-state index in [9.17, 15) is 14.7 Å². The highest BCUT2D eigenvalue weighted by Gasteiger charge is 2.44. The van der Waals surface area contributed by atoms with Gasteiger partial charge in [0, 0.05) is 36.6 Å². The number of carbonyl (C=O) groups excluding carboxylic acids is 2. The standard InChI is InChI=1S/C24H27IN2O6/c25-18-3-1-2-4-20(18)33-21-12-17(23(30)26-8-9-28)11-19(22(21)29)27(24(31)16-5-6-16)13-15-7-10-32-14-15/h1-4,7,10,12,14,16,19,21-22,28-29H,5-6,8-9,11,13H2,(H,26,30)/t19-,21+,22+/m1/s1. The van der Waals surface area contributed by atoms with E-state index in [0.29, 0.717) is 11.3 Å². The molecular weight excluding hydrogens is 539 g/mol. The Morgan fingerprint density at radius 2 is 2.03 bits per heavy atom. The summed E-state index contributed by atoms with van der Waals surface area (Å²) in [7, 11) is 0. The summed E-state index contributed by atoms with van der Waals surface area (Å²) >= 11 is 2.15. The number of aliphatic hydroxyl groups excluding tert-OH is 2. The Morgan fingerprint density at radius 1 is 1.24 bits per heavy atom. The zero-order valence-electron chi connectivity index (χ0n) is 18.0. The van der Waals surface area contributed by atoms with Crippen LogP contribution in [0.15, 0.2) is 58.9 Å². The zero-order valence-corrected chi connectivity index (χ0v) is 20.2. The van der Waals surface area contributed by atoms with Gasteiger partial charge in [0.25, 0.3) is 0 Å². The number of hydrogen-bond acceptors (Lipinski definition) is 6. The lowest BCUT2D eigenvalue weighted by molar-refractivity contribution is -0.140. The highest BCUT2D eigenvalue weighted by Crippen LogP contribution is 2.36. The Kier molecular flexibility index (Phi) is 7.71. The monoisotopic (exact) mass is 566 g/mol. The molecule has 176 valence electrons. The smallest absolute Gasteiger partial charge is 0.247 e. The van der Waals surface area contributed by atoms with Crippen LogP contribution in [0.4, 0.5) is 0 Å². The number of nitrogens with one attached hydrogen (secondary N) is 1. The number of furan rings is 1. The fourth-order valence-corrected chi connectivity index (χ4v) is 4.48. The van der Waals surface area contributed by atoms with Crippen LogP contribution in [0.5, 0.6) is 5.75 Å². The maximum atomic E-state index is 13.2. The van der Waals surface area contributed by atoms with Crippen LogP contribution in [0.1, 0.15) is 24.8 Å². The second-order valence-electron chi connectivity index (χ2n) is 8.32. The van der Waals surface area contributed by atoms with Crippen LogP contribution in [-0.4, -0.2) is 58.3 Å². The molecule has 3 N–H and O–H groups in total. The average Bonchev–Trinajstić information content (AvgIpc) is 3.54. The Balaban J connectivity index is 1.65. The minimum absolute atomic E-state index is 0.0368. The third-order valence-electron chi connectivity index (χ3n) is 5.86. The van der Waals surface area contributed by atoms with E-state index in [1.54, 1.807) is 35.6 Å². The Hall–Kier alpha value is -2.37. The lowest BCUT2D eigenvalue weighted by atomic mass is 9.87. The molecule has 0 saturated heterocycles. The number of amides is 2. The molecule has 0 spiro atoms. The van der Waals surface area contributed by atoms with Gasteiger partial charge in [0.2, 0.25) is 11.8 Å². The molecule has 4 rings (SSSR count). The Morgan fingerprint density at radius 3 is 2.70 bits per heavy atom. The molecule has 1 aromatic heterocycles.